The molecule has 0 bridgehead atoms. The van der Waals surface area contributed by atoms with E-state index < -0.39 is 0 Å². The molecule has 126 valence electrons. The van der Waals surface area contributed by atoms with Crippen LogP contribution < -0.4 is 9.47 Å². The zero-order valence-corrected chi connectivity index (χ0v) is 13.4. The van der Waals surface area contributed by atoms with Crippen molar-refractivity contribution >= 4 is 5.91 Å². The first kappa shape index (κ1) is 16.3. The van der Waals surface area contributed by atoms with Gasteiger partial charge < -0.3 is 19.5 Å². The molecule has 1 fully saturated rings. The molecule has 0 radical (unpaired) electrons. The smallest absolute Gasteiger partial charge is 0.260 e. The summed E-state index contributed by atoms with van der Waals surface area (Å²) in [6.45, 7) is 1.27. The van der Waals surface area contributed by atoms with E-state index in [4.69, 9.17) is 14.6 Å². The number of hydrogen-bond acceptors (Lipinski definition) is 4. The SMILES string of the molecule is O=C(COc1ccc(CO)cc1)N1CC[C@@H](Oc2ccccc2)C1. The lowest BCUT2D eigenvalue weighted by Crippen LogP contribution is -2.34. The van der Waals surface area contributed by atoms with E-state index in [1.165, 1.54) is 0 Å². The Labute approximate surface area is 141 Å². The summed E-state index contributed by atoms with van der Waals surface area (Å²) in [4.78, 5) is 14.0. The van der Waals surface area contributed by atoms with Crippen LogP contribution in [0.2, 0.25) is 0 Å². The molecule has 0 aliphatic carbocycles. The number of aliphatic hydroxyl groups is 1. The number of carbonyl (C=O) groups excluding carboxylic acids is 1. The molecule has 2 aromatic rings. The van der Waals surface area contributed by atoms with Gasteiger partial charge in [-0.15, -0.1) is 0 Å². The maximum atomic E-state index is 12.2. The van der Waals surface area contributed by atoms with Crippen LogP contribution in [0, 0.1) is 0 Å². The zero-order valence-electron chi connectivity index (χ0n) is 13.4. The summed E-state index contributed by atoms with van der Waals surface area (Å²) in [6, 6.07) is 16.7. The molecule has 1 saturated heterocycles. The average Bonchev–Trinajstić information content (AvgIpc) is 3.09. The van der Waals surface area contributed by atoms with Crippen molar-refractivity contribution in [2.75, 3.05) is 19.7 Å². The van der Waals surface area contributed by atoms with Gasteiger partial charge >= 0.3 is 0 Å². The van der Waals surface area contributed by atoms with Gasteiger partial charge in [0.05, 0.1) is 13.2 Å². The standard InChI is InChI=1S/C19H21NO4/c21-13-15-6-8-16(9-7-15)23-14-19(22)20-11-10-18(12-20)24-17-4-2-1-3-5-17/h1-9,18,21H,10-14H2/t18-/m1/s1. The Morgan fingerprint density at radius 3 is 2.54 bits per heavy atom. The van der Waals surface area contributed by atoms with Gasteiger partial charge in [-0.2, -0.15) is 0 Å². The van der Waals surface area contributed by atoms with Gasteiger partial charge in [-0.25, -0.2) is 0 Å². The molecule has 1 amide bonds. The van der Waals surface area contributed by atoms with Crippen molar-refractivity contribution in [3.63, 3.8) is 0 Å². The summed E-state index contributed by atoms with van der Waals surface area (Å²) < 4.78 is 11.4. The molecule has 24 heavy (non-hydrogen) atoms. The number of ether oxygens (including phenoxy) is 2. The number of likely N-dealkylation sites (tertiary alicyclic amines) is 1. The first-order valence-corrected chi connectivity index (χ1v) is 8.06. The van der Waals surface area contributed by atoms with Crippen LogP contribution in [-0.2, 0) is 11.4 Å². The fraction of sp³-hybridized carbons (Fsp3) is 0.316. The van der Waals surface area contributed by atoms with Crippen molar-refractivity contribution in [3.05, 3.63) is 60.2 Å². The molecule has 1 aliphatic rings. The predicted octanol–water partition coefficient (Wildman–Crippen LogP) is 2.24. The Morgan fingerprint density at radius 1 is 1.08 bits per heavy atom. The van der Waals surface area contributed by atoms with Crippen LogP contribution >= 0.6 is 0 Å². The second-order valence-electron chi connectivity index (χ2n) is 5.77. The fourth-order valence-electron chi connectivity index (χ4n) is 2.67. The average molecular weight is 327 g/mol. The summed E-state index contributed by atoms with van der Waals surface area (Å²) in [5.41, 5.74) is 0.814. The maximum Gasteiger partial charge on any atom is 0.260 e. The number of amides is 1. The second-order valence-corrected chi connectivity index (χ2v) is 5.77. The van der Waals surface area contributed by atoms with Crippen molar-refractivity contribution in [1.29, 1.82) is 0 Å². The Morgan fingerprint density at radius 2 is 1.83 bits per heavy atom. The van der Waals surface area contributed by atoms with E-state index >= 15 is 0 Å². The van der Waals surface area contributed by atoms with Crippen molar-refractivity contribution in [3.8, 4) is 11.5 Å². The fourth-order valence-corrected chi connectivity index (χ4v) is 2.67. The first-order chi connectivity index (χ1) is 11.7. The molecule has 0 unspecified atom stereocenters. The van der Waals surface area contributed by atoms with Crippen LogP contribution in [0.15, 0.2) is 54.6 Å². The Kier molecular flexibility index (Phi) is 5.33. The summed E-state index contributed by atoms with van der Waals surface area (Å²) in [7, 11) is 0. The highest BCUT2D eigenvalue weighted by atomic mass is 16.5. The maximum absolute atomic E-state index is 12.2. The lowest BCUT2D eigenvalue weighted by atomic mass is 10.2. The van der Waals surface area contributed by atoms with Crippen LogP contribution in [0.25, 0.3) is 0 Å². The van der Waals surface area contributed by atoms with E-state index in [2.05, 4.69) is 0 Å². The Balaban J connectivity index is 1.45. The molecule has 1 aliphatic heterocycles. The van der Waals surface area contributed by atoms with Gasteiger partial charge in [0.15, 0.2) is 6.61 Å². The molecule has 0 saturated carbocycles. The zero-order chi connectivity index (χ0) is 16.8. The van der Waals surface area contributed by atoms with Gasteiger partial charge in [0, 0.05) is 13.0 Å². The highest BCUT2D eigenvalue weighted by Gasteiger charge is 2.27. The normalized spacial score (nSPS) is 16.9. The lowest BCUT2D eigenvalue weighted by molar-refractivity contribution is -0.132. The van der Waals surface area contributed by atoms with Gasteiger partial charge in [-0.3, -0.25) is 4.79 Å². The number of benzene rings is 2. The summed E-state index contributed by atoms with van der Waals surface area (Å²) >= 11 is 0. The largest absolute Gasteiger partial charge is 0.489 e. The summed E-state index contributed by atoms with van der Waals surface area (Å²) in [5.74, 6) is 1.41. The quantitative estimate of drug-likeness (QED) is 0.884. The van der Waals surface area contributed by atoms with E-state index in [9.17, 15) is 4.79 Å². The van der Waals surface area contributed by atoms with Gasteiger partial charge in [0.1, 0.15) is 17.6 Å². The van der Waals surface area contributed by atoms with Crippen LogP contribution in [0.1, 0.15) is 12.0 Å². The number of rotatable bonds is 6. The number of aliphatic hydroxyl groups excluding tert-OH is 1. The summed E-state index contributed by atoms with van der Waals surface area (Å²) in [6.07, 6.45) is 0.853. The third-order valence-electron chi connectivity index (χ3n) is 4.01. The lowest BCUT2D eigenvalue weighted by Gasteiger charge is -2.17. The van der Waals surface area contributed by atoms with Crippen molar-refractivity contribution < 1.29 is 19.4 Å². The molecular formula is C19H21NO4. The van der Waals surface area contributed by atoms with Crippen molar-refractivity contribution in [2.45, 2.75) is 19.1 Å². The number of hydrogen-bond donors (Lipinski definition) is 1. The minimum Gasteiger partial charge on any atom is -0.489 e. The molecule has 5 heteroatoms. The van der Waals surface area contributed by atoms with Gasteiger partial charge in [-0.05, 0) is 29.8 Å². The molecule has 2 aromatic carbocycles. The molecule has 3 rings (SSSR count). The third-order valence-corrected chi connectivity index (χ3v) is 4.01. The predicted molar refractivity (Wildman–Crippen MR) is 89.9 cm³/mol. The minimum absolute atomic E-state index is 0.00418. The molecule has 1 N–H and O–H groups in total. The van der Waals surface area contributed by atoms with E-state index in [-0.39, 0.29) is 25.2 Å². The summed E-state index contributed by atoms with van der Waals surface area (Å²) in [5, 5.41) is 9.01. The molecule has 0 aromatic heterocycles. The number of carbonyl (C=O) groups is 1. The van der Waals surface area contributed by atoms with E-state index in [0.29, 0.717) is 18.8 Å². The molecular weight excluding hydrogens is 306 g/mol. The molecule has 1 heterocycles. The van der Waals surface area contributed by atoms with Gasteiger partial charge in [0.2, 0.25) is 0 Å². The monoisotopic (exact) mass is 327 g/mol. The minimum atomic E-state index is -0.0413. The Hall–Kier alpha value is -2.53. The van der Waals surface area contributed by atoms with E-state index in [1.807, 2.05) is 30.3 Å². The number of nitrogens with zero attached hydrogens (tertiary/aromatic N) is 1. The van der Waals surface area contributed by atoms with Crippen LogP contribution in [-0.4, -0.2) is 41.7 Å². The highest BCUT2D eigenvalue weighted by Crippen LogP contribution is 2.18. The third kappa shape index (κ3) is 4.26. The molecule has 0 spiro atoms. The Bertz CT molecular complexity index is 657. The van der Waals surface area contributed by atoms with E-state index in [1.54, 1.807) is 29.2 Å². The highest BCUT2D eigenvalue weighted by molar-refractivity contribution is 5.78. The van der Waals surface area contributed by atoms with Gasteiger partial charge in [0.25, 0.3) is 5.91 Å². The van der Waals surface area contributed by atoms with Crippen molar-refractivity contribution in [1.82, 2.24) is 4.90 Å². The van der Waals surface area contributed by atoms with E-state index in [0.717, 1.165) is 17.7 Å². The second kappa shape index (κ2) is 7.84. The van der Waals surface area contributed by atoms with Crippen LogP contribution in [0.3, 0.4) is 0 Å². The van der Waals surface area contributed by atoms with Crippen LogP contribution in [0.4, 0.5) is 0 Å². The number of para-hydroxylation sites is 1. The molecule has 5 nitrogen and oxygen atoms in total. The van der Waals surface area contributed by atoms with Crippen LogP contribution in [0.5, 0.6) is 11.5 Å². The molecule has 1 atom stereocenters. The van der Waals surface area contributed by atoms with Crippen molar-refractivity contribution in [2.24, 2.45) is 0 Å². The van der Waals surface area contributed by atoms with Gasteiger partial charge in [-0.1, -0.05) is 30.3 Å². The first-order valence-electron chi connectivity index (χ1n) is 8.06. The topological polar surface area (TPSA) is 59.0 Å².